The topological polar surface area (TPSA) is 59.0 Å². The lowest BCUT2D eigenvalue weighted by Crippen LogP contribution is -2.29. The Hall–Kier alpha value is -2.44. The summed E-state index contributed by atoms with van der Waals surface area (Å²) in [5.41, 5.74) is 7.66. The average Bonchev–Trinajstić information content (AvgIpc) is 3.08. The molecule has 3 rings (SSSR count). The molecule has 0 saturated heterocycles. The lowest BCUT2D eigenvalue weighted by atomic mass is 10.2. The lowest BCUT2D eigenvalue weighted by Gasteiger charge is -2.11. The van der Waals surface area contributed by atoms with Gasteiger partial charge in [-0.15, -0.1) is 0 Å². The Morgan fingerprint density at radius 3 is 2.83 bits per heavy atom. The van der Waals surface area contributed by atoms with Gasteiger partial charge in [0.25, 0.3) is 5.91 Å². The molecule has 0 aliphatic heterocycles. The van der Waals surface area contributed by atoms with E-state index in [9.17, 15) is 4.79 Å². The number of hydrogen-bond donors (Lipinski definition) is 2. The van der Waals surface area contributed by atoms with Crippen molar-refractivity contribution in [1.82, 2.24) is 15.0 Å². The predicted molar refractivity (Wildman–Crippen MR) is 97.9 cm³/mol. The van der Waals surface area contributed by atoms with Crippen molar-refractivity contribution >= 4 is 35.0 Å². The maximum atomic E-state index is 12.3. The molecular formula is C17H15ClN4OS. The monoisotopic (exact) mass is 358 g/mol. The van der Waals surface area contributed by atoms with Crippen LogP contribution in [0, 0.1) is 0 Å². The van der Waals surface area contributed by atoms with Gasteiger partial charge in [0, 0.05) is 28.7 Å². The Kier molecular flexibility index (Phi) is 5.08. The molecule has 1 amide bonds. The van der Waals surface area contributed by atoms with Gasteiger partial charge in [0.2, 0.25) is 0 Å². The van der Waals surface area contributed by atoms with Crippen molar-refractivity contribution in [3.05, 3.63) is 71.5 Å². The van der Waals surface area contributed by atoms with Gasteiger partial charge in [-0.1, -0.05) is 35.5 Å². The van der Waals surface area contributed by atoms with Crippen LogP contribution in [0.3, 0.4) is 0 Å². The SMILES string of the molecule is CSc1nccn1-c1cccc(C(=O)NNc2cccc(Cl)c2)c1. The number of benzene rings is 2. The number of aromatic nitrogens is 2. The molecule has 122 valence electrons. The Labute approximate surface area is 149 Å². The van der Waals surface area contributed by atoms with Crippen molar-refractivity contribution < 1.29 is 4.79 Å². The smallest absolute Gasteiger partial charge is 0.269 e. The Bertz CT molecular complexity index is 865. The molecule has 3 aromatic rings. The number of halogens is 1. The lowest BCUT2D eigenvalue weighted by molar-refractivity contribution is 0.0962. The highest BCUT2D eigenvalue weighted by Gasteiger charge is 2.09. The van der Waals surface area contributed by atoms with Crippen LogP contribution in [0.4, 0.5) is 5.69 Å². The number of nitrogens with zero attached hydrogens (tertiary/aromatic N) is 2. The third-order valence-electron chi connectivity index (χ3n) is 3.32. The van der Waals surface area contributed by atoms with Crippen molar-refractivity contribution in [3.63, 3.8) is 0 Å². The summed E-state index contributed by atoms with van der Waals surface area (Å²) < 4.78 is 1.94. The fraction of sp³-hybridized carbons (Fsp3) is 0.0588. The number of hydrazine groups is 1. The van der Waals surface area contributed by atoms with Gasteiger partial charge in [-0.05, 0) is 42.7 Å². The first-order valence-electron chi connectivity index (χ1n) is 7.17. The highest BCUT2D eigenvalue weighted by molar-refractivity contribution is 7.98. The fourth-order valence-electron chi connectivity index (χ4n) is 2.20. The van der Waals surface area contributed by atoms with Gasteiger partial charge in [-0.25, -0.2) is 4.98 Å². The van der Waals surface area contributed by atoms with Crippen molar-refractivity contribution in [2.75, 3.05) is 11.7 Å². The summed E-state index contributed by atoms with van der Waals surface area (Å²) in [6, 6.07) is 14.5. The minimum Gasteiger partial charge on any atom is -0.298 e. The minimum absolute atomic E-state index is 0.234. The average molecular weight is 359 g/mol. The van der Waals surface area contributed by atoms with Crippen molar-refractivity contribution in [1.29, 1.82) is 0 Å². The molecule has 1 heterocycles. The molecule has 0 saturated carbocycles. The van der Waals surface area contributed by atoms with Crippen molar-refractivity contribution in [3.8, 4) is 5.69 Å². The fourth-order valence-corrected chi connectivity index (χ4v) is 2.92. The van der Waals surface area contributed by atoms with Crippen LogP contribution in [0.25, 0.3) is 5.69 Å². The summed E-state index contributed by atoms with van der Waals surface area (Å²) in [5.74, 6) is -0.234. The van der Waals surface area contributed by atoms with Crippen LogP contribution in [-0.4, -0.2) is 21.7 Å². The van der Waals surface area contributed by atoms with E-state index in [4.69, 9.17) is 11.6 Å². The molecule has 0 bridgehead atoms. The van der Waals surface area contributed by atoms with Crippen LogP contribution in [0.5, 0.6) is 0 Å². The van der Waals surface area contributed by atoms with Gasteiger partial charge in [0.15, 0.2) is 5.16 Å². The van der Waals surface area contributed by atoms with Gasteiger partial charge in [-0.2, -0.15) is 0 Å². The number of amides is 1. The Morgan fingerprint density at radius 1 is 1.21 bits per heavy atom. The third kappa shape index (κ3) is 3.72. The highest BCUT2D eigenvalue weighted by atomic mass is 35.5. The molecule has 0 fully saturated rings. The van der Waals surface area contributed by atoms with Crippen molar-refractivity contribution in [2.45, 2.75) is 5.16 Å². The van der Waals surface area contributed by atoms with E-state index in [0.717, 1.165) is 10.8 Å². The summed E-state index contributed by atoms with van der Waals surface area (Å²) in [6.07, 6.45) is 5.57. The Morgan fingerprint density at radius 2 is 2.04 bits per heavy atom. The van der Waals surface area contributed by atoms with E-state index >= 15 is 0 Å². The maximum Gasteiger partial charge on any atom is 0.269 e. The molecule has 0 unspecified atom stereocenters. The molecule has 2 N–H and O–H groups in total. The van der Waals surface area contributed by atoms with E-state index in [-0.39, 0.29) is 5.91 Å². The molecular weight excluding hydrogens is 344 g/mol. The number of rotatable bonds is 5. The summed E-state index contributed by atoms with van der Waals surface area (Å²) in [5, 5.41) is 1.46. The molecule has 5 nitrogen and oxygen atoms in total. The highest BCUT2D eigenvalue weighted by Crippen LogP contribution is 2.19. The number of carbonyl (C=O) groups excluding carboxylic acids is 1. The zero-order chi connectivity index (χ0) is 16.9. The van der Waals surface area contributed by atoms with Crippen LogP contribution >= 0.6 is 23.4 Å². The Balaban J connectivity index is 1.75. The standard InChI is InChI=1S/C17H15ClN4OS/c1-24-17-19-8-9-22(17)15-7-2-4-12(10-15)16(23)21-20-14-6-3-5-13(18)11-14/h2-11,20H,1H3,(H,21,23). The number of imidazole rings is 1. The molecule has 24 heavy (non-hydrogen) atoms. The minimum atomic E-state index is -0.234. The molecule has 1 aromatic heterocycles. The van der Waals surface area contributed by atoms with Gasteiger partial charge >= 0.3 is 0 Å². The van der Waals surface area contributed by atoms with Gasteiger partial charge in [0.1, 0.15) is 0 Å². The van der Waals surface area contributed by atoms with Crippen LogP contribution in [0.1, 0.15) is 10.4 Å². The van der Waals surface area contributed by atoms with Crippen LogP contribution in [0.2, 0.25) is 5.02 Å². The molecule has 0 aliphatic rings. The van der Waals surface area contributed by atoms with Crippen LogP contribution < -0.4 is 10.9 Å². The third-order valence-corrected chi connectivity index (χ3v) is 4.22. The van der Waals surface area contributed by atoms with Crippen LogP contribution in [-0.2, 0) is 0 Å². The number of anilines is 1. The quantitative estimate of drug-likeness (QED) is 0.534. The molecule has 2 aromatic carbocycles. The first-order chi connectivity index (χ1) is 11.7. The van der Waals surface area contributed by atoms with Crippen molar-refractivity contribution in [2.24, 2.45) is 0 Å². The first kappa shape index (κ1) is 16.4. The molecule has 7 heteroatoms. The van der Waals surface area contributed by atoms with Gasteiger partial charge < -0.3 is 0 Å². The van der Waals surface area contributed by atoms with E-state index in [1.165, 1.54) is 0 Å². The zero-order valence-electron chi connectivity index (χ0n) is 12.9. The van der Waals surface area contributed by atoms with E-state index in [2.05, 4.69) is 15.8 Å². The zero-order valence-corrected chi connectivity index (χ0v) is 14.4. The summed E-state index contributed by atoms with van der Waals surface area (Å²) in [4.78, 5) is 16.6. The van der Waals surface area contributed by atoms with E-state index < -0.39 is 0 Å². The summed E-state index contributed by atoms with van der Waals surface area (Å²) in [6.45, 7) is 0. The normalized spacial score (nSPS) is 10.4. The number of hydrogen-bond acceptors (Lipinski definition) is 4. The van der Waals surface area contributed by atoms with E-state index in [0.29, 0.717) is 16.3 Å². The number of carbonyl (C=O) groups is 1. The van der Waals surface area contributed by atoms with Gasteiger partial charge in [0.05, 0.1) is 5.69 Å². The molecule has 0 spiro atoms. The van der Waals surface area contributed by atoms with E-state index in [1.54, 1.807) is 42.2 Å². The number of nitrogens with one attached hydrogen (secondary N) is 2. The van der Waals surface area contributed by atoms with Crippen LogP contribution in [0.15, 0.2) is 66.1 Å². The second-order valence-electron chi connectivity index (χ2n) is 4.92. The molecule has 0 aliphatic carbocycles. The van der Waals surface area contributed by atoms with E-state index in [1.807, 2.05) is 41.3 Å². The summed E-state index contributed by atoms with van der Waals surface area (Å²) >= 11 is 7.47. The van der Waals surface area contributed by atoms with Gasteiger partial charge in [-0.3, -0.25) is 20.2 Å². The second kappa shape index (κ2) is 7.42. The summed E-state index contributed by atoms with van der Waals surface area (Å²) in [7, 11) is 0. The number of thioether (sulfide) groups is 1. The molecule has 0 radical (unpaired) electrons. The maximum absolute atomic E-state index is 12.3. The predicted octanol–water partition coefficient (Wildman–Crippen LogP) is 4.00. The first-order valence-corrected chi connectivity index (χ1v) is 8.77. The molecule has 0 atom stereocenters. The second-order valence-corrected chi connectivity index (χ2v) is 6.13. The largest absolute Gasteiger partial charge is 0.298 e.